The van der Waals surface area contributed by atoms with Crippen molar-refractivity contribution < 1.29 is 14.3 Å². The number of nitrogens with one attached hydrogen (secondary N) is 1. The van der Waals surface area contributed by atoms with Gasteiger partial charge in [-0.1, -0.05) is 0 Å². The second-order valence-corrected chi connectivity index (χ2v) is 2.97. The fourth-order valence-corrected chi connectivity index (χ4v) is 1.26. The highest BCUT2D eigenvalue weighted by Gasteiger charge is 2.21. The molecule has 0 bridgehead atoms. The van der Waals surface area contributed by atoms with Gasteiger partial charge in [-0.25, -0.2) is 0 Å². The number of carbonyl (C=O) groups is 1. The summed E-state index contributed by atoms with van der Waals surface area (Å²) < 4.78 is 9.74. The molecule has 0 radical (unpaired) electrons. The third-order valence-electron chi connectivity index (χ3n) is 1.97. The van der Waals surface area contributed by atoms with Crippen LogP contribution < -0.4 is 5.32 Å². The molecule has 1 fully saturated rings. The lowest BCUT2D eigenvalue weighted by atomic mass is 10.2. The average molecular weight is 173 g/mol. The first kappa shape index (κ1) is 9.48. The molecule has 0 amide bonds. The third kappa shape index (κ3) is 2.46. The lowest BCUT2D eigenvalue weighted by molar-refractivity contribution is -0.142. The van der Waals surface area contributed by atoms with Crippen LogP contribution >= 0.6 is 0 Å². The van der Waals surface area contributed by atoms with E-state index in [1.54, 1.807) is 6.92 Å². The monoisotopic (exact) mass is 173 g/mol. The van der Waals surface area contributed by atoms with Crippen molar-refractivity contribution in [3.05, 3.63) is 0 Å². The standard InChI is InChI=1S/C8H15NO3/c1-6(8(10)11-2)9-7-3-4-12-5-7/h6-7,9H,3-5H2,1-2H3. The first-order valence-electron chi connectivity index (χ1n) is 4.15. The number of methoxy groups -OCH3 is 1. The number of hydrogen-bond acceptors (Lipinski definition) is 4. The fraction of sp³-hybridized carbons (Fsp3) is 0.875. The molecule has 1 saturated heterocycles. The quantitative estimate of drug-likeness (QED) is 0.607. The van der Waals surface area contributed by atoms with Crippen LogP contribution in [-0.4, -0.2) is 38.4 Å². The molecule has 12 heavy (non-hydrogen) atoms. The minimum Gasteiger partial charge on any atom is -0.468 e. The molecule has 0 aliphatic carbocycles. The minimum absolute atomic E-state index is 0.220. The molecule has 1 rings (SSSR count). The normalized spacial score (nSPS) is 25.3. The van der Waals surface area contributed by atoms with E-state index in [1.807, 2.05) is 0 Å². The molecule has 4 nitrogen and oxygen atoms in total. The Morgan fingerprint density at radius 2 is 2.50 bits per heavy atom. The van der Waals surface area contributed by atoms with Crippen molar-refractivity contribution in [2.75, 3.05) is 20.3 Å². The maximum atomic E-state index is 11.0. The molecule has 0 aromatic heterocycles. The van der Waals surface area contributed by atoms with Crippen LogP contribution in [0.15, 0.2) is 0 Å². The molecule has 2 atom stereocenters. The van der Waals surface area contributed by atoms with E-state index in [1.165, 1.54) is 7.11 Å². The molecule has 1 aliphatic rings. The van der Waals surface area contributed by atoms with E-state index in [4.69, 9.17) is 4.74 Å². The van der Waals surface area contributed by atoms with E-state index in [-0.39, 0.29) is 12.0 Å². The highest BCUT2D eigenvalue weighted by Crippen LogP contribution is 2.04. The van der Waals surface area contributed by atoms with Gasteiger partial charge in [-0.3, -0.25) is 10.1 Å². The summed E-state index contributed by atoms with van der Waals surface area (Å²) in [5, 5.41) is 3.13. The van der Waals surface area contributed by atoms with E-state index in [9.17, 15) is 4.79 Å². The predicted octanol–water partition coefficient (Wildman–Crippen LogP) is -0.0736. The Balaban J connectivity index is 2.24. The van der Waals surface area contributed by atoms with Crippen LogP contribution in [0.5, 0.6) is 0 Å². The SMILES string of the molecule is COC(=O)C(C)NC1CCOC1. The summed E-state index contributed by atoms with van der Waals surface area (Å²) in [5.41, 5.74) is 0. The Labute approximate surface area is 72.2 Å². The smallest absolute Gasteiger partial charge is 0.322 e. The van der Waals surface area contributed by atoms with Crippen LogP contribution in [0.4, 0.5) is 0 Å². The maximum Gasteiger partial charge on any atom is 0.322 e. The van der Waals surface area contributed by atoms with Gasteiger partial charge in [-0.05, 0) is 13.3 Å². The molecule has 0 aromatic rings. The van der Waals surface area contributed by atoms with E-state index < -0.39 is 0 Å². The third-order valence-corrected chi connectivity index (χ3v) is 1.97. The molecule has 1 N–H and O–H groups in total. The predicted molar refractivity (Wildman–Crippen MR) is 43.8 cm³/mol. The molecular weight excluding hydrogens is 158 g/mol. The summed E-state index contributed by atoms with van der Waals surface area (Å²) in [5.74, 6) is -0.220. The largest absolute Gasteiger partial charge is 0.468 e. The minimum atomic E-state index is -0.235. The molecule has 1 aliphatic heterocycles. The van der Waals surface area contributed by atoms with E-state index >= 15 is 0 Å². The van der Waals surface area contributed by atoms with Crippen molar-refractivity contribution in [1.82, 2.24) is 5.32 Å². The number of esters is 1. The zero-order chi connectivity index (χ0) is 8.97. The van der Waals surface area contributed by atoms with E-state index in [0.717, 1.165) is 13.0 Å². The fourth-order valence-electron chi connectivity index (χ4n) is 1.26. The lowest BCUT2D eigenvalue weighted by Crippen LogP contribution is -2.42. The zero-order valence-electron chi connectivity index (χ0n) is 7.50. The second-order valence-electron chi connectivity index (χ2n) is 2.97. The number of rotatable bonds is 3. The second kappa shape index (κ2) is 4.42. The van der Waals surface area contributed by atoms with Crippen molar-refractivity contribution in [3.8, 4) is 0 Å². The molecule has 1 heterocycles. The number of carbonyl (C=O) groups excluding carboxylic acids is 1. The van der Waals surface area contributed by atoms with Crippen LogP contribution in [0, 0.1) is 0 Å². The van der Waals surface area contributed by atoms with E-state index in [0.29, 0.717) is 12.6 Å². The van der Waals surface area contributed by atoms with Gasteiger partial charge in [-0.2, -0.15) is 0 Å². The van der Waals surface area contributed by atoms with Crippen molar-refractivity contribution in [1.29, 1.82) is 0 Å². The van der Waals surface area contributed by atoms with Crippen molar-refractivity contribution in [3.63, 3.8) is 0 Å². The number of hydrogen-bond donors (Lipinski definition) is 1. The number of ether oxygens (including phenoxy) is 2. The van der Waals surface area contributed by atoms with Gasteiger partial charge in [-0.15, -0.1) is 0 Å². The van der Waals surface area contributed by atoms with Gasteiger partial charge in [0.2, 0.25) is 0 Å². The van der Waals surface area contributed by atoms with Crippen LogP contribution in [-0.2, 0) is 14.3 Å². The zero-order valence-corrected chi connectivity index (χ0v) is 7.50. The maximum absolute atomic E-state index is 11.0. The summed E-state index contributed by atoms with van der Waals surface area (Å²) in [7, 11) is 1.39. The van der Waals surface area contributed by atoms with Crippen LogP contribution in [0.1, 0.15) is 13.3 Å². The molecular formula is C8H15NO3. The Bertz CT molecular complexity index is 154. The summed E-state index contributed by atoms with van der Waals surface area (Å²) in [6.45, 7) is 3.27. The average Bonchev–Trinajstić information content (AvgIpc) is 2.55. The Kier molecular flexibility index (Phi) is 3.49. The van der Waals surface area contributed by atoms with Gasteiger partial charge in [0.25, 0.3) is 0 Å². The van der Waals surface area contributed by atoms with Crippen LogP contribution in [0.2, 0.25) is 0 Å². The van der Waals surface area contributed by atoms with Crippen molar-refractivity contribution in [2.45, 2.75) is 25.4 Å². The van der Waals surface area contributed by atoms with E-state index in [2.05, 4.69) is 10.1 Å². The lowest BCUT2D eigenvalue weighted by Gasteiger charge is -2.15. The topological polar surface area (TPSA) is 47.6 Å². The van der Waals surface area contributed by atoms with Gasteiger partial charge >= 0.3 is 5.97 Å². The van der Waals surface area contributed by atoms with Gasteiger partial charge in [0.15, 0.2) is 0 Å². The first-order chi connectivity index (χ1) is 5.74. The first-order valence-corrected chi connectivity index (χ1v) is 4.15. The van der Waals surface area contributed by atoms with Gasteiger partial charge in [0.1, 0.15) is 6.04 Å². The highest BCUT2D eigenvalue weighted by molar-refractivity contribution is 5.75. The Hall–Kier alpha value is -0.610. The summed E-state index contributed by atoms with van der Waals surface area (Å²) >= 11 is 0. The summed E-state index contributed by atoms with van der Waals surface area (Å²) in [6.07, 6.45) is 0.974. The molecule has 0 spiro atoms. The molecule has 2 unspecified atom stereocenters. The molecule has 0 saturated carbocycles. The summed E-state index contributed by atoms with van der Waals surface area (Å²) in [6, 6.07) is 0.0702. The summed E-state index contributed by atoms with van der Waals surface area (Å²) in [4.78, 5) is 11.0. The van der Waals surface area contributed by atoms with Gasteiger partial charge in [0, 0.05) is 12.6 Å². The molecule has 4 heteroatoms. The van der Waals surface area contributed by atoms with Gasteiger partial charge in [0.05, 0.1) is 13.7 Å². The Morgan fingerprint density at radius 1 is 1.75 bits per heavy atom. The van der Waals surface area contributed by atoms with Gasteiger partial charge < -0.3 is 9.47 Å². The van der Waals surface area contributed by atoms with Crippen molar-refractivity contribution in [2.24, 2.45) is 0 Å². The Morgan fingerprint density at radius 3 is 3.00 bits per heavy atom. The van der Waals surface area contributed by atoms with Crippen LogP contribution in [0.3, 0.4) is 0 Å². The highest BCUT2D eigenvalue weighted by atomic mass is 16.5. The van der Waals surface area contributed by atoms with Crippen LogP contribution in [0.25, 0.3) is 0 Å². The molecule has 70 valence electrons. The molecule has 0 aromatic carbocycles. The van der Waals surface area contributed by atoms with Crippen molar-refractivity contribution >= 4 is 5.97 Å².